The van der Waals surface area contributed by atoms with Crippen molar-refractivity contribution in [2.75, 3.05) is 69.8 Å². The number of benzene rings is 1. The van der Waals surface area contributed by atoms with Crippen LogP contribution in [0.3, 0.4) is 0 Å². The lowest BCUT2D eigenvalue weighted by Gasteiger charge is -2.43. The highest BCUT2D eigenvalue weighted by Crippen LogP contribution is 2.31. The Morgan fingerprint density at radius 3 is 2.67 bits per heavy atom. The molecule has 5 heterocycles. The summed E-state index contributed by atoms with van der Waals surface area (Å²) in [5.41, 5.74) is 2.61. The van der Waals surface area contributed by atoms with E-state index in [4.69, 9.17) is 14.2 Å². The number of pyridine rings is 1. The van der Waals surface area contributed by atoms with Gasteiger partial charge in [0.1, 0.15) is 35.6 Å². The second-order valence-electron chi connectivity index (χ2n) is 10.3. The molecule has 3 fully saturated rings. The molecular formula is C29H34ClFN8O3. The van der Waals surface area contributed by atoms with E-state index >= 15 is 0 Å². The summed E-state index contributed by atoms with van der Waals surface area (Å²) >= 11 is 0. The summed E-state index contributed by atoms with van der Waals surface area (Å²) < 4.78 is 31.1. The molecule has 1 aromatic carbocycles. The van der Waals surface area contributed by atoms with E-state index in [0.29, 0.717) is 53.7 Å². The maximum atomic E-state index is 14.2. The minimum atomic E-state index is -1.12. The number of hydrogen-bond donors (Lipinski definition) is 2. The van der Waals surface area contributed by atoms with Crippen molar-refractivity contribution < 1.29 is 18.6 Å². The summed E-state index contributed by atoms with van der Waals surface area (Å²) in [4.78, 5) is 18.4. The highest BCUT2D eigenvalue weighted by atomic mass is 35.5. The van der Waals surface area contributed by atoms with Crippen LogP contribution < -0.4 is 25.0 Å². The number of nitriles is 1. The van der Waals surface area contributed by atoms with Gasteiger partial charge >= 0.3 is 0 Å². The predicted molar refractivity (Wildman–Crippen MR) is 159 cm³/mol. The summed E-state index contributed by atoms with van der Waals surface area (Å²) in [5.74, 6) is 1.81. The summed E-state index contributed by atoms with van der Waals surface area (Å²) in [6.45, 7) is 6.33. The van der Waals surface area contributed by atoms with Crippen molar-refractivity contribution in [3.63, 3.8) is 0 Å². The average molecular weight is 597 g/mol. The molecule has 3 aliphatic rings. The molecule has 13 heteroatoms. The van der Waals surface area contributed by atoms with Gasteiger partial charge in [-0.2, -0.15) is 10.2 Å². The molecule has 42 heavy (non-hydrogen) atoms. The van der Waals surface area contributed by atoms with Crippen LogP contribution in [0, 0.1) is 11.3 Å². The largest absolute Gasteiger partial charge is 0.486 e. The fraction of sp³-hybridized carbons (Fsp3) is 0.448. The van der Waals surface area contributed by atoms with E-state index in [1.807, 2.05) is 18.2 Å². The van der Waals surface area contributed by atoms with E-state index in [1.165, 1.54) is 0 Å². The summed E-state index contributed by atoms with van der Waals surface area (Å²) in [6, 6.07) is 13.6. The van der Waals surface area contributed by atoms with Crippen molar-refractivity contribution in [1.82, 2.24) is 25.2 Å². The molecule has 0 unspecified atom stereocenters. The van der Waals surface area contributed by atoms with Crippen LogP contribution in [0.5, 0.6) is 11.6 Å². The highest BCUT2D eigenvalue weighted by molar-refractivity contribution is 5.85. The minimum absolute atomic E-state index is 0. The molecule has 0 bridgehead atoms. The zero-order valence-corrected chi connectivity index (χ0v) is 24.1. The monoisotopic (exact) mass is 596 g/mol. The van der Waals surface area contributed by atoms with Crippen LogP contribution in [0.2, 0.25) is 0 Å². The number of methoxy groups -OCH3 is 1. The normalized spacial score (nSPS) is 21.0. The van der Waals surface area contributed by atoms with E-state index in [-0.39, 0.29) is 19.0 Å². The van der Waals surface area contributed by atoms with Crippen molar-refractivity contribution in [3.05, 3.63) is 48.2 Å². The average Bonchev–Trinajstić information content (AvgIpc) is 2.98. The lowest BCUT2D eigenvalue weighted by molar-refractivity contribution is -0.0660. The van der Waals surface area contributed by atoms with Gasteiger partial charge in [0.15, 0.2) is 0 Å². The first kappa shape index (κ1) is 29.7. The molecule has 3 aromatic rings. The summed E-state index contributed by atoms with van der Waals surface area (Å²) in [6.07, 6.45) is 0.486. The number of piperidine rings is 1. The summed E-state index contributed by atoms with van der Waals surface area (Å²) in [7, 11) is 1.62. The third kappa shape index (κ3) is 6.50. The van der Waals surface area contributed by atoms with Gasteiger partial charge in [0.25, 0.3) is 0 Å². The van der Waals surface area contributed by atoms with E-state index in [1.54, 1.807) is 31.5 Å². The molecule has 11 nitrogen and oxygen atoms in total. The second-order valence-corrected chi connectivity index (χ2v) is 10.3. The van der Waals surface area contributed by atoms with Gasteiger partial charge in [-0.3, -0.25) is 4.90 Å². The Kier molecular flexibility index (Phi) is 9.54. The Hall–Kier alpha value is -3.76. The number of piperazine rings is 1. The van der Waals surface area contributed by atoms with Crippen molar-refractivity contribution in [1.29, 1.82) is 5.26 Å². The Balaban J connectivity index is 0.00000353. The van der Waals surface area contributed by atoms with E-state index < -0.39 is 12.3 Å². The van der Waals surface area contributed by atoms with Crippen molar-refractivity contribution >= 4 is 29.9 Å². The molecule has 2 N–H and O–H groups in total. The molecule has 0 aliphatic carbocycles. The number of alkyl halides is 1. The molecular weight excluding hydrogens is 563 g/mol. The zero-order chi connectivity index (χ0) is 28.2. The van der Waals surface area contributed by atoms with E-state index in [0.717, 1.165) is 50.6 Å². The Labute approximate surface area is 250 Å². The van der Waals surface area contributed by atoms with Gasteiger partial charge in [-0.05, 0) is 49.4 Å². The molecule has 3 aliphatic heterocycles. The SMILES string of the molecule is COc1nc(Nc2nccc(-c3ccc(O[C@H]4CCNC[C@H]4F)c(C#N)c3)n2)ccc1N1CCN(C2COC2)CC1.Cl. The second kappa shape index (κ2) is 13.5. The van der Waals surface area contributed by atoms with Crippen LogP contribution in [0.1, 0.15) is 12.0 Å². The maximum absolute atomic E-state index is 14.2. The molecule has 0 radical (unpaired) electrons. The molecule has 0 saturated carbocycles. The Morgan fingerprint density at radius 2 is 1.95 bits per heavy atom. The lowest BCUT2D eigenvalue weighted by Crippen LogP contribution is -2.56. The van der Waals surface area contributed by atoms with Gasteiger partial charge in [-0.25, -0.2) is 14.4 Å². The highest BCUT2D eigenvalue weighted by Gasteiger charge is 2.30. The van der Waals surface area contributed by atoms with Crippen molar-refractivity contribution in [3.8, 4) is 29.0 Å². The van der Waals surface area contributed by atoms with Crippen LogP contribution in [-0.4, -0.2) is 97.8 Å². The van der Waals surface area contributed by atoms with E-state index in [2.05, 4.69) is 41.5 Å². The number of halogens is 2. The number of aromatic nitrogens is 3. The third-order valence-corrected chi connectivity index (χ3v) is 7.74. The number of rotatable bonds is 8. The number of hydrogen-bond acceptors (Lipinski definition) is 11. The first-order valence-electron chi connectivity index (χ1n) is 13.9. The Morgan fingerprint density at radius 1 is 1.12 bits per heavy atom. The Bertz CT molecular complexity index is 1410. The molecule has 0 amide bonds. The van der Waals surface area contributed by atoms with Gasteiger partial charge in [-0.15, -0.1) is 12.4 Å². The molecule has 6 rings (SSSR count). The van der Waals surface area contributed by atoms with Gasteiger partial charge < -0.3 is 29.7 Å². The zero-order valence-electron chi connectivity index (χ0n) is 23.3. The predicted octanol–water partition coefficient (Wildman–Crippen LogP) is 3.18. The van der Waals surface area contributed by atoms with Gasteiger partial charge in [-0.1, -0.05) is 0 Å². The van der Waals surface area contributed by atoms with Crippen LogP contribution in [0.4, 0.5) is 21.8 Å². The molecule has 0 spiro atoms. The molecule has 2 aromatic heterocycles. The lowest BCUT2D eigenvalue weighted by atomic mass is 10.1. The van der Waals surface area contributed by atoms with Gasteiger partial charge in [0.05, 0.1) is 37.6 Å². The molecule has 2 atom stereocenters. The number of ether oxygens (including phenoxy) is 3. The molecule has 3 saturated heterocycles. The van der Waals surface area contributed by atoms with E-state index in [9.17, 15) is 9.65 Å². The smallest absolute Gasteiger partial charge is 0.239 e. The fourth-order valence-electron chi connectivity index (χ4n) is 5.32. The minimum Gasteiger partial charge on any atom is -0.486 e. The van der Waals surface area contributed by atoms with Crippen LogP contribution in [0.15, 0.2) is 42.6 Å². The van der Waals surface area contributed by atoms with Gasteiger partial charge in [0.2, 0.25) is 11.8 Å². The van der Waals surface area contributed by atoms with Crippen molar-refractivity contribution in [2.45, 2.75) is 24.7 Å². The number of nitrogens with zero attached hydrogens (tertiary/aromatic N) is 6. The van der Waals surface area contributed by atoms with Crippen LogP contribution >= 0.6 is 12.4 Å². The van der Waals surface area contributed by atoms with Crippen LogP contribution in [-0.2, 0) is 4.74 Å². The molecule has 222 valence electrons. The quantitative estimate of drug-likeness (QED) is 0.399. The van der Waals surface area contributed by atoms with Gasteiger partial charge in [0, 0.05) is 44.5 Å². The topological polar surface area (TPSA) is 121 Å². The first-order chi connectivity index (χ1) is 20.1. The number of nitrogens with one attached hydrogen (secondary N) is 2. The van der Waals surface area contributed by atoms with Crippen molar-refractivity contribution in [2.24, 2.45) is 0 Å². The summed E-state index contributed by atoms with van der Waals surface area (Å²) in [5, 5.41) is 15.9. The first-order valence-corrected chi connectivity index (χ1v) is 13.9. The maximum Gasteiger partial charge on any atom is 0.239 e. The fourth-order valence-corrected chi connectivity index (χ4v) is 5.32. The number of anilines is 3. The third-order valence-electron chi connectivity index (χ3n) is 7.74. The van der Waals surface area contributed by atoms with Crippen LogP contribution in [0.25, 0.3) is 11.3 Å². The standard InChI is InChI=1S/C29H33FN8O3.ClH/c1-39-28-24(38-12-10-37(11-13-38)21-17-40-18-21)3-5-27(35-28)36-29-33-9-6-23(34-29)19-2-4-25(20(14-19)15-31)41-26-7-8-32-16-22(26)30;/h2-6,9,14,21-22,26,32H,7-8,10-13,16-18H2,1H3,(H,33,34,35,36);1H/t22-,26+;/m1./s1.